The van der Waals surface area contributed by atoms with Gasteiger partial charge in [0.1, 0.15) is 5.56 Å². The molecule has 116 valence electrons. The van der Waals surface area contributed by atoms with E-state index in [1.807, 2.05) is 0 Å². The van der Waals surface area contributed by atoms with Gasteiger partial charge in [-0.05, 0) is 18.2 Å². The van der Waals surface area contributed by atoms with E-state index < -0.39 is 22.8 Å². The van der Waals surface area contributed by atoms with E-state index in [2.05, 4.69) is 0 Å². The molecule has 0 amide bonds. The van der Waals surface area contributed by atoms with Gasteiger partial charge in [0.05, 0.1) is 18.8 Å². The Labute approximate surface area is 130 Å². The second-order valence-corrected chi connectivity index (χ2v) is 4.87. The molecule has 1 aromatic heterocycles. The Balaban J connectivity index is 2.76. The highest BCUT2D eigenvalue weighted by molar-refractivity contribution is 6.30. The van der Waals surface area contributed by atoms with Crippen LogP contribution in [0.1, 0.15) is 10.4 Å². The third-order valence-corrected chi connectivity index (χ3v) is 3.22. The lowest BCUT2D eigenvalue weighted by Crippen LogP contribution is -2.41. The number of halogens is 1. The molecule has 0 saturated carbocycles. The number of hydrogen-bond donors (Lipinski definition) is 1. The van der Waals surface area contributed by atoms with Crippen LogP contribution in [0.2, 0.25) is 5.02 Å². The molecule has 0 atom stereocenters. The second kappa shape index (κ2) is 6.59. The lowest BCUT2D eigenvalue weighted by Gasteiger charge is -2.11. The Morgan fingerprint density at radius 1 is 1.36 bits per heavy atom. The van der Waals surface area contributed by atoms with Crippen LogP contribution in [0.3, 0.4) is 0 Å². The molecule has 0 fully saturated rings. The van der Waals surface area contributed by atoms with Gasteiger partial charge in [-0.2, -0.15) is 0 Å². The highest BCUT2D eigenvalue weighted by Gasteiger charge is 2.17. The van der Waals surface area contributed by atoms with Crippen molar-refractivity contribution in [2.24, 2.45) is 0 Å². The van der Waals surface area contributed by atoms with Crippen molar-refractivity contribution in [1.29, 1.82) is 0 Å². The molecule has 8 heteroatoms. The monoisotopic (exact) mass is 324 g/mol. The summed E-state index contributed by atoms with van der Waals surface area (Å²) in [7, 11) is 1.45. The van der Waals surface area contributed by atoms with Gasteiger partial charge in [0.15, 0.2) is 0 Å². The van der Waals surface area contributed by atoms with Crippen molar-refractivity contribution in [3.8, 4) is 5.69 Å². The zero-order valence-electron chi connectivity index (χ0n) is 11.7. The highest BCUT2D eigenvalue weighted by Crippen LogP contribution is 2.12. The van der Waals surface area contributed by atoms with Crippen molar-refractivity contribution in [2.45, 2.75) is 6.54 Å². The van der Waals surface area contributed by atoms with E-state index in [4.69, 9.17) is 21.4 Å². The number of aromatic nitrogens is 2. The molecule has 1 heterocycles. The molecule has 0 aliphatic rings. The lowest BCUT2D eigenvalue weighted by molar-refractivity contribution is 0.0692. The zero-order chi connectivity index (χ0) is 16.3. The number of carboxylic acid groups (broad SMARTS) is 1. The maximum atomic E-state index is 12.4. The number of carbonyl (C=O) groups is 1. The van der Waals surface area contributed by atoms with Crippen molar-refractivity contribution < 1.29 is 14.6 Å². The summed E-state index contributed by atoms with van der Waals surface area (Å²) < 4.78 is 6.78. The van der Waals surface area contributed by atoms with Gasteiger partial charge in [0.25, 0.3) is 5.56 Å². The molecule has 0 unspecified atom stereocenters. The topological polar surface area (TPSA) is 90.5 Å². The standard InChI is InChI=1S/C14H13ClN2O5/c1-22-6-5-16-8-11(13(19)20)12(18)17(14(16)21)10-4-2-3-9(15)7-10/h2-4,7-8H,5-6H2,1H3,(H,19,20). The van der Waals surface area contributed by atoms with Crippen molar-refractivity contribution in [1.82, 2.24) is 9.13 Å². The molecule has 0 spiro atoms. The van der Waals surface area contributed by atoms with E-state index in [0.717, 1.165) is 15.3 Å². The first-order valence-electron chi connectivity index (χ1n) is 6.30. The van der Waals surface area contributed by atoms with Crippen LogP contribution < -0.4 is 11.2 Å². The normalized spacial score (nSPS) is 10.6. The first kappa shape index (κ1) is 16.0. The van der Waals surface area contributed by atoms with Crippen molar-refractivity contribution in [3.63, 3.8) is 0 Å². The Kier molecular flexibility index (Phi) is 4.79. The molecule has 0 radical (unpaired) electrons. The van der Waals surface area contributed by atoms with Crippen molar-refractivity contribution >= 4 is 17.6 Å². The van der Waals surface area contributed by atoms with Crippen LogP contribution in [0.15, 0.2) is 40.1 Å². The maximum absolute atomic E-state index is 12.4. The largest absolute Gasteiger partial charge is 0.477 e. The summed E-state index contributed by atoms with van der Waals surface area (Å²) in [4.78, 5) is 35.9. The fraction of sp³-hybridized carbons (Fsp3) is 0.214. The average Bonchev–Trinajstić information content (AvgIpc) is 2.46. The smallest absolute Gasteiger partial charge is 0.342 e. The molecule has 2 rings (SSSR count). The predicted molar refractivity (Wildman–Crippen MR) is 80.1 cm³/mol. The van der Waals surface area contributed by atoms with Gasteiger partial charge in [-0.25, -0.2) is 14.2 Å². The molecule has 0 saturated heterocycles. The number of hydrogen-bond acceptors (Lipinski definition) is 4. The molecule has 2 aromatic rings. The number of aromatic carboxylic acids is 1. The quantitative estimate of drug-likeness (QED) is 0.886. The van der Waals surface area contributed by atoms with Crippen LogP contribution >= 0.6 is 11.6 Å². The number of rotatable bonds is 5. The fourth-order valence-electron chi connectivity index (χ4n) is 1.94. The van der Waals surface area contributed by atoms with Crippen LogP contribution in [0.25, 0.3) is 5.69 Å². The minimum atomic E-state index is -1.41. The maximum Gasteiger partial charge on any atom is 0.342 e. The van der Waals surface area contributed by atoms with Gasteiger partial charge >= 0.3 is 11.7 Å². The Hall–Kier alpha value is -2.38. The Morgan fingerprint density at radius 3 is 2.68 bits per heavy atom. The Bertz CT molecular complexity index is 825. The first-order valence-corrected chi connectivity index (χ1v) is 6.68. The summed E-state index contributed by atoms with van der Waals surface area (Å²) in [5, 5.41) is 9.47. The van der Waals surface area contributed by atoms with E-state index in [9.17, 15) is 14.4 Å². The van der Waals surface area contributed by atoms with Gasteiger partial charge < -0.3 is 9.84 Å². The molecule has 0 aliphatic heterocycles. The lowest BCUT2D eigenvalue weighted by atomic mass is 10.3. The van der Waals surface area contributed by atoms with Crippen LogP contribution in [-0.2, 0) is 11.3 Å². The molecule has 0 bridgehead atoms. The van der Waals surface area contributed by atoms with Gasteiger partial charge in [-0.3, -0.25) is 9.36 Å². The molecular formula is C14H13ClN2O5. The SMILES string of the molecule is COCCn1cc(C(=O)O)c(=O)n(-c2cccc(Cl)c2)c1=O. The van der Waals surface area contributed by atoms with Gasteiger partial charge in [-0.1, -0.05) is 17.7 Å². The van der Waals surface area contributed by atoms with E-state index >= 15 is 0 Å². The number of carboxylic acids is 1. The summed E-state index contributed by atoms with van der Waals surface area (Å²) in [6.07, 6.45) is 1.02. The summed E-state index contributed by atoms with van der Waals surface area (Å²) >= 11 is 5.86. The Morgan fingerprint density at radius 2 is 2.09 bits per heavy atom. The van der Waals surface area contributed by atoms with Crippen molar-refractivity contribution in [3.05, 3.63) is 61.9 Å². The van der Waals surface area contributed by atoms with E-state index in [0.29, 0.717) is 5.02 Å². The predicted octanol–water partition coefficient (Wildman–Crippen LogP) is 0.997. The second-order valence-electron chi connectivity index (χ2n) is 4.44. The number of ether oxygens (including phenoxy) is 1. The van der Waals surface area contributed by atoms with Gasteiger partial charge in [0.2, 0.25) is 0 Å². The van der Waals surface area contributed by atoms with Crippen LogP contribution in [0.4, 0.5) is 0 Å². The first-order chi connectivity index (χ1) is 10.5. The van der Waals surface area contributed by atoms with Crippen LogP contribution in [0, 0.1) is 0 Å². The third kappa shape index (κ3) is 3.10. The van der Waals surface area contributed by atoms with E-state index in [-0.39, 0.29) is 18.8 Å². The number of nitrogens with zero attached hydrogens (tertiary/aromatic N) is 2. The number of benzene rings is 1. The average molecular weight is 325 g/mol. The fourth-order valence-corrected chi connectivity index (χ4v) is 2.13. The van der Waals surface area contributed by atoms with Crippen LogP contribution in [0.5, 0.6) is 0 Å². The zero-order valence-corrected chi connectivity index (χ0v) is 12.4. The van der Waals surface area contributed by atoms with Crippen molar-refractivity contribution in [2.75, 3.05) is 13.7 Å². The minimum Gasteiger partial charge on any atom is -0.477 e. The van der Waals surface area contributed by atoms with Gasteiger partial charge in [-0.15, -0.1) is 0 Å². The molecular weight excluding hydrogens is 312 g/mol. The van der Waals surface area contributed by atoms with E-state index in [1.165, 1.54) is 19.2 Å². The molecule has 1 aromatic carbocycles. The molecule has 7 nitrogen and oxygen atoms in total. The number of methoxy groups -OCH3 is 1. The van der Waals surface area contributed by atoms with Crippen LogP contribution in [-0.4, -0.2) is 33.9 Å². The summed E-state index contributed by atoms with van der Waals surface area (Å²) in [6.45, 7) is 0.323. The highest BCUT2D eigenvalue weighted by atomic mass is 35.5. The molecule has 1 N–H and O–H groups in total. The summed E-state index contributed by atoms with van der Waals surface area (Å²) in [5.41, 5.74) is -1.87. The van der Waals surface area contributed by atoms with E-state index in [1.54, 1.807) is 12.1 Å². The minimum absolute atomic E-state index is 0.121. The third-order valence-electron chi connectivity index (χ3n) is 2.99. The van der Waals surface area contributed by atoms with Gasteiger partial charge in [0, 0.05) is 18.3 Å². The molecule has 22 heavy (non-hydrogen) atoms. The summed E-state index contributed by atoms with van der Waals surface area (Å²) in [5.74, 6) is -1.41. The summed E-state index contributed by atoms with van der Waals surface area (Å²) in [6, 6.07) is 6.06. The molecule has 0 aliphatic carbocycles.